The molecule has 0 radical (unpaired) electrons. The van der Waals surface area contributed by atoms with Crippen LogP contribution in [0.3, 0.4) is 0 Å². The van der Waals surface area contributed by atoms with Crippen molar-refractivity contribution in [1.29, 1.82) is 0 Å². The van der Waals surface area contributed by atoms with Crippen molar-refractivity contribution in [3.63, 3.8) is 0 Å². The fourth-order valence-corrected chi connectivity index (χ4v) is 4.18. The molecule has 1 amide bonds. The summed E-state index contributed by atoms with van der Waals surface area (Å²) in [5.74, 6) is -0.825. The highest BCUT2D eigenvalue weighted by atomic mass is 16.4. The van der Waals surface area contributed by atoms with Gasteiger partial charge in [-0.25, -0.2) is 0 Å². The molecule has 1 aliphatic carbocycles. The Bertz CT molecular complexity index is 1010. The molecule has 0 saturated heterocycles. The lowest BCUT2D eigenvalue weighted by molar-refractivity contribution is -0.137. The van der Waals surface area contributed by atoms with Gasteiger partial charge < -0.3 is 14.6 Å². The van der Waals surface area contributed by atoms with Crippen LogP contribution in [0.5, 0.6) is 0 Å². The number of aliphatic carboxylic acids is 1. The lowest BCUT2D eigenvalue weighted by atomic mass is 9.85. The van der Waals surface area contributed by atoms with Crippen LogP contribution in [0.4, 0.5) is 5.69 Å². The van der Waals surface area contributed by atoms with E-state index in [1.165, 1.54) is 0 Å². The molecule has 1 N–H and O–H groups in total. The van der Waals surface area contributed by atoms with Gasteiger partial charge in [-0.05, 0) is 43.0 Å². The van der Waals surface area contributed by atoms with Crippen LogP contribution in [0.25, 0.3) is 10.9 Å². The number of carboxylic acids is 1. The van der Waals surface area contributed by atoms with E-state index in [1.54, 1.807) is 4.90 Å². The Hall–Kier alpha value is -3.08. The van der Waals surface area contributed by atoms with E-state index in [2.05, 4.69) is 0 Å². The van der Waals surface area contributed by atoms with E-state index < -0.39 is 5.97 Å². The molecule has 1 aromatic heterocycles. The summed E-state index contributed by atoms with van der Waals surface area (Å²) in [4.78, 5) is 26.1. The number of anilines is 1. The number of aromatic nitrogens is 1. The van der Waals surface area contributed by atoms with Crippen LogP contribution in [0.15, 0.2) is 54.6 Å². The third-order valence-corrected chi connectivity index (χ3v) is 5.49. The molecule has 0 saturated carbocycles. The van der Waals surface area contributed by atoms with Gasteiger partial charge in [0.15, 0.2) is 0 Å². The number of carbonyl (C=O) groups excluding carboxylic acids is 1. The Balaban J connectivity index is 1.67. The van der Waals surface area contributed by atoms with Gasteiger partial charge in [-0.15, -0.1) is 0 Å². The maximum absolute atomic E-state index is 13.1. The van der Waals surface area contributed by atoms with Crippen molar-refractivity contribution in [1.82, 2.24) is 4.57 Å². The maximum Gasteiger partial charge on any atom is 0.323 e. The van der Waals surface area contributed by atoms with E-state index in [0.717, 1.165) is 40.7 Å². The minimum Gasteiger partial charge on any atom is -0.480 e. The second-order valence-corrected chi connectivity index (χ2v) is 7.09. The monoisotopic (exact) mass is 362 g/mol. The van der Waals surface area contributed by atoms with Gasteiger partial charge in [0.2, 0.25) is 5.91 Å². The van der Waals surface area contributed by atoms with Crippen molar-refractivity contribution in [2.45, 2.75) is 25.8 Å². The average molecular weight is 362 g/mol. The number of hydrogen-bond donors (Lipinski definition) is 1. The predicted molar refractivity (Wildman–Crippen MR) is 105 cm³/mol. The minimum atomic E-state index is -0.847. The summed E-state index contributed by atoms with van der Waals surface area (Å²) >= 11 is 0. The summed E-state index contributed by atoms with van der Waals surface area (Å²) < 4.78 is 1.90. The quantitative estimate of drug-likeness (QED) is 0.773. The van der Waals surface area contributed by atoms with Crippen LogP contribution >= 0.6 is 0 Å². The fraction of sp³-hybridized carbons (Fsp3) is 0.273. The van der Waals surface area contributed by atoms with E-state index in [1.807, 2.05) is 66.2 Å². The number of fused-ring (bicyclic) bond motifs is 3. The molecule has 138 valence electrons. The first kappa shape index (κ1) is 17.3. The van der Waals surface area contributed by atoms with Gasteiger partial charge in [-0.1, -0.05) is 36.4 Å². The molecule has 0 aliphatic heterocycles. The molecule has 3 aromatic rings. The Labute approximate surface area is 157 Å². The number of hydrogen-bond acceptors (Lipinski definition) is 2. The second-order valence-electron chi connectivity index (χ2n) is 7.09. The fourth-order valence-electron chi connectivity index (χ4n) is 4.18. The molecule has 5 heteroatoms. The third kappa shape index (κ3) is 3.10. The van der Waals surface area contributed by atoms with Crippen LogP contribution in [-0.2, 0) is 29.0 Å². The van der Waals surface area contributed by atoms with Crippen LogP contribution in [0.2, 0.25) is 0 Å². The molecular formula is C22H22N2O3. The molecule has 0 bridgehead atoms. The lowest BCUT2D eigenvalue weighted by Gasteiger charge is -2.27. The molecule has 1 aliphatic rings. The molecule has 1 heterocycles. The van der Waals surface area contributed by atoms with E-state index in [4.69, 9.17) is 0 Å². The largest absolute Gasteiger partial charge is 0.480 e. The van der Waals surface area contributed by atoms with Crippen molar-refractivity contribution in [2.75, 3.05) is 11.9 Å². The van der Waals surface area contributed by atoms with E-state index in [-0.39, 0.29) is 18.4 Å². The summed E-state index contributed by atoms with van der Waals surface area (Å²) in [6.45, 7) is -0.0433. The molecule has 0 fully saturated rings. The summed E-state index contributed by atoms with van der Waals surface area (Å²) in [6, 6.07) is 17.5. The van der Waals surface area contributed by atoms with Crippen LogP contribution in [0, 0.1) is 5.92 Å². The predicted octanol–water partition coefficient (Wildman–Crippen LogP) is 3.49. The number of carbonyl (C=O) groups is 2. The van der Waals surface area contributed by atoms with Crippen molar-refractivity contribution in [2.24, 2.45) is 5.92 Å². The Kier molecular flexibility index (Phi) is 4.44. The number of amides is 1. The topological polar surface area (TPSA) is 62.5 Å². The first-order chi connectivity index (χ1) is 13.1. The van der Waals surface area contributed by atoms with Gasteiger partial charge in [-0.3, -0.25) is 9.59 Å². The third-order valence-electron chi connectivity index (χ3n) is 5.49. The van der Waals surface area contributed by atoms with Crippen LogP contribution in [0.1, 0.15) is 17.7 Å². The van der Waals surface area contributed by atoms with Crippen molar-refractivity contribution >= 4 is 28.5 Å². The highest BCUT2D eigenvalue weighted by molar-refractivity contribution is 5.96. The van der Waals surface area contributed by atoms with Gasteiger partial charge in [0, 0.05) is 35.2 Å². The molecular weight excluding hydrogens is 340 g/mol. The molecule has 27 heavy (non-hydrogen) atoms. The highest BCUT2D eigenvalue weighted by Gasteiger charge is 2.31. The SMILES string of the molecule is CN(C(=O)C1CCc2c(c3ccccc3n2CC(=O)O)C1)c1ccccc1. The molecule has 4 rings (SSSR count). The molecule has 1 atom stereocenters. The summed E-state index contributed by atoms with van der Waals surface area (Å²) in [7, 11) is 1.82. The molecule has 2 aromatic carbocycles. The summed E-state index contributed by atoms with van der Waals surface area (Å²) in [6.07, 6.45) is 2.10. The number of rotatable bonds is 4. The van der Waals surface area contributed by atoms with Crippen LogP contribution in [-0.4, -0.2) is 28.6 Å². The van der Waals surface area contributed by atoms with E-state index in [0.29, 0.717) is 6.42 Å². The van der Waals surface area contributed by atoms with E-state index in [9.17, 15) is 14.7 Å². The second kappa shape index (κ2) is 6.91. The van der Waals surface area contributed by atoms with Crippen molar-refractivity contribution in [3.8, 4) is 0 Å². The maximum atomic E-state index is 13.1. The smallest absolute Gasteiger partial charge is 0.323 e. The number of carboxylic acid groups (broad SMARTS) is 1. The van der Waals surface area contributed by atoms with E-state index >= 15 is 0 Å². The normalized spacial score (nSPS) is 16.1. The average Bonchev–Trinajstić information content (AvgIpc) is 3.00. The minimum absolute atomic E-state index is 0.0433. The zero-order valence-electron chi connectivity index (χ0n) is 15.3. The van der Waals surface area contributed by atoms with Gasteiger partial charge in [0.05, 0.1) is 0 Å². The van der Waals surface area contributed by atoms with Gasteiger partial charge >= 0.3 is 5.97 Å². The summed E-state index contributed by atoms with van der Waals surface area (Å²) in [5, 5.41) is 10.4. The molecule has 1 unspecified atom stereocenters. The van der Waals surface area contributed by atoms with Gasteiger partial charge in [0.1, 0.15) is 6.54 Å². The first-order valence-electron chi connectivity index (χ1n) is 9.19. The standard InChI is InChI=1S/C22H22N2O3/c1-23(16-7-3-2-4-8-16)22(27)15-11-12-20-18(13-15)17-9-5-6-10-19(17)24(20)14-21(25)26/h2-10,15H,11-14H2,1H3,(H,25,26). The van der Waals surface area contributed by atoms with Crippen LogP contribution < -0.4 is 4.90 Å². The molecule has 0 spiro atoms. The highest BCUT2D eigenvalue weighted by Crippen LogP contribution is 2.35. The molecule has 5 nitrogen and oxygen atoms in total. The Morgan fingerprint density at radius 2 is 1.81 bits per heavy atom. The van der Waals surface area contributed by atoms with Crippen molar-refractivity contribution in [3.05, 3.63) is 65.9 Å². The Morgan fingerprint density at radius 3 is 2.56 bits per heavy atom. The van der Waals surface area contributed by atoms with Crippen molar-refractivity contribution < 1.29 is 14.7 Å². The first-order valence-corrected chi connectivity index (χ1v) is 9.19. The lowest BCUT2D eigenvalue weighted by Crippen LogP contribution is -2.36. The number of benzene rings is 2. The Morgan fingerprint density at radius 1 is 1.11 bits per heavy atom. The zero-order valence-corrected chi connectivity index (χ0v) is 15.3. The van der Waals surface area contributed by atoms with Gasteiger partial charge in [-0.2, -0.15) is 0 Å². The summed E-state index contributed by atoms with van der Waals surface area (Å²) in [5.41, 5.74) is 4.01. The zero-order chi connectivity index (χ0) is 19.0. The number of nitrogens with zero attached hydrogens (tertiary/aromatic N) is 2. The van der Waals surface area contributed by atoms with Gasteiger partial charge in [0.25, 0.3) is 0 Å². The number of para-hydroxylation sites is 2.